The molecule has 10 aromatic rings. The van der Waals surface area contributed by atoms with E-state index < -0.39 is 5.41 Å². The molecule has 280 valence electrons. The first-order valence-electron chi connectivity index (χ1n) is 20.6. The second-order valence-corrected chi connectivity index (χ2v) is 15.8. The van der Waals surface area contributed by atoms with Gasteiger partial charge in [0, 0.05) is 27.6 Å². The van der Waals surface area contributed by atoms with Crippen molar-refractivity contribution in [2.24, 2.45) is 0 Å². The third-order valence-electron chi connectivity index (χ3n) is 12.5. The minimum Gasteiger partial charge on any atom is -0.457 e. The van der Waals surface area contributed by atoms with Crippen LogP contribution in [0.2, 0.25) is 0 Å². The molecule has 0 radical (unpaired) electrons. The van der Waals surface area contributed by atoms with Crippen molar-refractivity contribution in [1.29, 1.82) is 0 Å². The molecule has 0 saturated carbocycles. The molecule has 0 N–H and O–H groups in total. The molecule has 1 aromatic heterocycles. The highest BCUT2D eigenvalue weighted by atomic mass is 16.5. The molecule has 2 nitrogen and oxygen atoms in total. The molecule has 9 aromatic carbocycles. The standard InChI is InChI=1S/C58H37NO/c1-4-16-38(17-5-1)44-34-45(39-18-6-2-7-19-39)36-46(35-44)41-30-28-40(29-31-41)43-32-33-54-51(37-43)58(50-25-13-15-27-53(50)60-54)49-24-12-10-22-47(49)55-56(58)48-23-11-14-26-52(48)59-57(55)42-20-8-3-9-21-42/h1-37H. The van der Waals surface area contributed by atoms with Gasteiger partial charge in [0.2, 0.25) is 0 Å². The lowest BCUT2D eigenvalue weighted by atomic mass is 9.65. The van der Waals surface area contributed by atoms with Gasteiger partial charge in [-0.25, -0.2) is 4.98 Å². The van der Waals surface area contributed by atoms with Crippen LogP contribution >= 0.6 is 0 Å². The van der Waals surface area contributed by atoms with Crippen LogP contribution < -0.4 is 4.74 Å². The number of ether oxygens (including phenoxy) is 1. The van der Waals surface area contributed by atoms with Crippen molar-refractivity contribution in [2.75, 3.05) is 0 Å². The van der Waals surface area contributed by atoms with Gasteiger partial charge in [-0.2, -0.15) is 0 Å². The van der Waals surface area contributed by atoms with Gasteiger partial charge >= 0.3 is 0 Å². The zero-order chi connectivity index (χ0) is 39.6. The van der Waals surface area contributed by atoms with Gasteiger partial charge in [0.15, 0.2) is 0 Å². The van der Waals surface area contributed by atoms with E-state index in [1.54, 1.807) is 0 Å². The molecule has 1 unspecified atom stereocenters. The Hall–Kier alpha value is -7.81. The first-order valence-corrected chi connectivity index (χ1v) is 20.6. The molecule has 1 atom stereocenters. The fourth-order valence-corrected chi connectivity index (χ4v) is 9.86. The third kappa shape index (κ3) is 5.24. The quantitative estimate of drug-likeness (QED) is 0.174. The maximum absolute atomic E-state index is 6.87. The summed E-state index contributed by atoms with van der Waals surface area (Å²) in [6.07, 6.45) is 0. The van der Waals surface area contributed by atoms with Crippen molar-refractivity contribution >= 4 is 10.9 Å². The molecular formula is C58H37NO. The van der Waals surface area contributed by atoms with Gasteiger partial charge in [0.1, 0.15) is 11.5 Å². The smallest absolute Gasteiger partial charge is 0.132 e. The van der Waals surface area contributed by atoms with E-state index in [0.29, 0.717) is 0 Å². The van der Waals surface area contributed by atoms with E-state index in [9.17, 15) is 0 Å². The number of rotatable bonds is 5. The number of pyridine rings is 1. The van der Waals surface area contributed by atoms with Gasteiger partial charge in [-0.15, -0.1) is 0 Å². The summed E-state index contributed by atoms with van der Waals surface area (Å²) in [4.78, 5) is 5.42. The number of fused-ring (bicyclic) bond motifs is 11. The molecule has 60 heavy (non-hydrogen) atoms. The van der Waals surface area contributed by atoms with Crippen LogP contribution in [0.5, 0.6) is 11.5 Å². The minimum absolute atomic E-state index is 0.663. The Morgan fingerprint density at radius 1 is 0.333 bits per heavy atom. The Morgan fingerprint density at radius 2 is 0.817 bits per heavy atom. The van der Waals surface area contributed by atoms with Crippen LogP contribution in [0.1, 0.15) is 22.3 Å². The second kappa shape index (κ2) is 13.7. The third-order valence-corrected chi connectivity index (χ3v) is 12.5. The van der Waals surface area contributed by atoms with Crippen LogP contribution in [0.4, 0.5) is 0 Å². The predicted molar refractivity (Wildman–Crippen MR) is 246 cm³/mol. The first kappa shape index (κ1) is 34.3. The lowest BCUT2D eigenvalue weighted by Crippen LogP contribution is -2.32. The predicted octanol–water partition coefficient (Wildman–Crippen LogP) is 15.0. The van der Waals surface area contributed by atoms with Gasteiger partial charge in [0.05, 0.1) is 16.6 Å². The second-order valence-electron chi connectivity index (χ2n) is 15.8. The largest absolute Gasteiger partial charge is 0.457 e. The fraction of sp³-hybridized carbons (Fsp3) is 0.0172. The van der Waals surface area contributed by atoms with Crippen LogP contribution in [0.3, 0.4) is 0 Å². The van der Waals surface area contributed by atoms with Gasteiger partial charge in [-0.05, 0) is 104 Å². The van der Waals surface area contributed by atoms with Crippen LogP contribution in [0.25, 0.3) is 77.8 Å². The van der Waals surface area contributed by atoms with Crippen LogP contribution in [-0.4, -0.2) is 4.98 Å². The van der Waals surface area contributed by atoms with Crippen molar-refractivity contribution < 1.29 is 4.74 Å². The van der Waals surface area contributed by atoms with Crippen molar-refractivity contribution in [3.05, 3.63) is 247 Å². The summed E-state index contributed by atoms with van der Waals surface area (Å²) in [7, 11) is 0. The van der Waals surface area contributed by atoms with E-state index in [-0.39, 0.29) is 0 Å². The minimum atomic E-state index is -0.663. The summed E-state index contributed by atoms with van der Waals surface area (Å²) in [5.74, 6) is 1.74. The average molecular weight is 764 g/mol. The zero-order valence-electron chi connectivity index (χ0n) is 32.7. The van der Waals surface area contributed by atoms with Crippen molar-refractivity contribution in [1.82, 2.24) is 4.98 Å². The number of para-hydroxylation sites is 2. The van der Waals surface area contributed by atoms with Crippen LogP contribution in [0, 0.1) is 0 Å². The summed E-state index contributed by atoms with van der Waals surface area (Å²) in [5.41, 5.74) is 19.0. The molecular weight excluding hydrogens is 727 g/mol. The summed E-state index contributed by atoms with van der Waals surface area (Å²) >= 11 is 0. The summed E-state index contributed by atoms with van der Waals surface area (Å²) in [5, 5.41) is 1.15. The normalized spacial score (nSPS) is 14.5. The monoisotopic (exact) mass is 763 g/mol. The molecule has 2 heteroatoms. The molecule has 2 heterocycles. The molecule has 1 aliphatic carbocycles. The Kier molecular flexibility index (Phi) is 7.79. The number of hydrogen-bond donors (Lipinski definition) is 0. The Morgan fingerprint density at radius 3 is 1.48 bits per heavy atom. The van der Waals surface area contributed by atoms with Gasteiger partial charge in [-0.1, -0.05) is 182 Å². The molecule has 12 rings (SSSR count). The zero-order valence-corrected chi connectivity index (χ0v) is 32.7. The Balaban J connectivity index is 1.06. The van der Waals surface area contributed by atoms with Gasteiger partial charge in [-0.3, -0.25) is 0 Å². The molecule has 0 saturated heterocycles. The average Bonchev–Trinajstić information content (AvgIpc) is 3.63. The highest BCUT2D eigenvalue weighted by molar-refractivity contribution is 6.04. The Bertz CT molecular complexity index is 3210. The fourth-order valence-electron chi connectivity index (χ4n) is 9.86. The maximum atomic E-state index is 6.87. The molecule has 0 fully saturated rings. The molecule has 2 aliphatic rings. The highest BCUT2D eigenvalue weighted by Gasteiger charge is 2.53. The van der Waals surface area contributed by atoms with Crippen molar-refractivity contribution in [2.45, 2.75) is 5.41 Å². The first-order chi connectivity index (χ1) is 29.7. The lowest BCUT2D eigenvalue weighted by molar-refractivity contribution is 0.437. The molecule has 0 bridgehead atoms. The van der Waals surface area contributed by atoms with E-state index in [1.165, 1.54) is 55.6 Å². The van der Waals surface area contributed by atoms with E-state index in [4.69, 9.17) is 9.72 Å². The topological polar surface area (TPSA) is 22.1 Å². The van der Waals surface area contributed by atoms with E-state index in [0.717, 1.165) is 55.9 Å². The lowest BCUT2D eigenvalue weighted by Gasteiger charge is -2.40. The Labute approximate surface area is 349 Å². The number of benzene rings is 9. The SMILES string of the molecule is c1ccc(-c2cc(-c3ccccc3)cc(-c3ccc(-c4ccc5c(c4)C4(c6ccccc6O5)c5ccccc5-c5c(-c6ccccc6)nc6ccccc6c54)cc3)c2)cc1. The molecule has 0 amide bonds. The summed E-state index contributed by atoms with van der Waals surface area (Å²) < 4.78 is 6.87. The van der Waals surface area contributed by atoms with E-state index in [1.807, 2.05) is 0 Å². The number of hydrogen-bond acceptors (Lipinski definition) is 2. The van der Waals surface area contributed by atoms with Gasteiger partial charge in [0.25, 0.3) is 0 Å². The van der Waals surface area contributed by atoms with Crippen LogP contribution in [0.15, 0.2) is 224 Å². The molecule has 1 spiro atoms. The summed E-state index contributed by atoms with van der Waals surface area (Å²) in [6, 6.07) is 80.9. The number of nitrogens with zero attached hydrogens (tertiary/aromatic N) is 1. The van der Waals surface area contributed by atoms with E-state index >= 15 is 0 Å². The van der Waals surface area contributed by atoms with Crippen molar-refractivity contribution in [3.63, 3.8) is 0 Å². The van der Waals surface area contributed by atoms with Gasteiger partial charge < -0.3 is 4.74 Å². The van der Waals surface area contributed by atoms with E-state index in [2.05, 4.69) is 224 Å². The molecule has 1 aliphatic heterocycles. The van der Waals surface area contributed by atoms with Crippen molar-refractivity contribution in [3.8, 4) is 78.4 Å². The summed E-state index contributed by atoms with van der Waals surface area (Å²) in [6.45, 7) is 0. The number of aromatic nitrogens is 1. The maximum Gasteiger partial charge on any atom is 0.132 e. The highest BCUT2D eigenvalue weighted by Crippen LogP contribution is 2.64. The van der Waals surface area contributed by atoms with Crippen LogP contribution in [-0.2, 0) is 5.41 Å².